The van der Waals surface area contributed by atoms with Crippen LogP contribution in [0.4, 0.5) is 4.79 Å². The van der Waals surface area contributed by atoms with Gasteiger partial charge in [-0.25, -0.2) is 14.6 Å². The highest BCUT2D eigenvalue weighted by molar-refractivity contribution is 7.09. The van der Waals surface area contributed by atoms with Gasteiger partial charge in [0.05, 0.1) is 24.3 Å². The number of urea groups is 1. The van der Waals surface area contributed by atoms with E-state index in [-0.39, 0.29) is 6.54 Å². The van der Waals surface area contributed by atoms with Crippen LogP contribution in [-0.2, 0) is 11.3 Å². The average Bonchev–Trinajstić information content (AvgIpc) is 2.71. The van der Waals surface area contributed by atoms with Crippen LogP contribution in [0, 0.1) is 6.92 Å². The number of thiazole rings is 1. The highest BCUT2D eigenvalue weighted by Gasteiger charge is 2.16. The van der Waals surface area contributed by atoms with Gasteiger partial charge in [-0.3, -0.25) is 0 Å². The molecule has 1 unspecified atom stereocenters. The monoisotopic (exact) mass is 273 g/mol. The minimum absolute atomic E-state index is 0.319. The normalized spacial score (nSPS) is 11.9. The Kier molecular flexibility index (Phi) is 5.05. The number of aliphatic hydroxyl groups is 1. The molecule has 1 aromatic rings. The zero-order valence-corrected chi connectivity index (χ0v) is 10.9. The summed E-state index contributed by atoms with van der Waals surface area (Å²) < 4.78 is 0. The number of hydrogen-bond donors (Lipinski definition) is 3. The fourth-order valence-corrected chi connectivity index (χ4v) is 2.00. The fourth-order valence-electron chi connectivity index (χ4n) is 1.17. The number of aliphatic carboxylic acids is 1. The van der Waals surface area contributed by atoms with Crippen LogP contribution in [0.15, 0.2) is 5.51 Å². The van der Waals surface area contributed by atoms with E-state index in [9.17, 15) is 9.59 Å². The van der Waals surface area contributed by atoms with E-state index in [2.05, 4.69) is 10.3 Å². The van der Waals surface area contributed by atoms with E-state index in [1.807, 2.05) is 6.92 Å². The van der Waals surface area contributed by atoms with E-state index in [4.69, 9.17) is 10.2 Å². The van der Waals surface area contributed by atoms with E-state index in [0.29, 0.717) is 6.54 Å². The van der Waals surface area contributed by atoms with Crippen LogP contribution >= 0.6 is 11.3 Å². The molecule has 18 heavy (non-hydrogen) atoms. The van der Waals surface area contributed by atoms with Crippen LogP contribution in [0.25, 0.3) is 0 Å². The Morgan fingerprint density at radius 3 is 2.78 bits per heavy atom. The molecule has 0 saturated heterocycles. The number of rotatable bonds is 5. The molecule has 0 saturated carbocycles. The summed E-state index contributed by atoms with van der Waals surface area (Å²) in [6, 6.07) is -0.442. The van der Waals surface area contributed by atoms with Crippen LogP contribution in [0.3, 0.4) is 0 Å². The zero-order chi connectivity index (χ0) is 13.7. The summed E-state index contributed by atoms with van der Waals surface area (Å²) in [6.45, 7) is 1.93. The Morgan fingerprint density at radius 2 is 2.28 bits per heavy atom. The number of nitrogens with one attached hydrogen (secondary N) is 1. The maximum Gasteiger partial charge on any atom is 0.334 e. The van der Waals surface area contributed by atoms with Crippen molar-refractivity contribution in [3.05, 3.63) is 16.1 Å². The van der Waals surface area contributed by atoms with Crippen molar-refractivity contribution in [1.29, 1.82) is 0 Å². The van der Waals surface area contributed by atoms with Crippen molar-refractivity contribution in [3.63, 3.8) is 0 Å². The SMILES string of the molecule is Cc1ncsc1CN(C)C(=O)NCC(O)C(=O)O. The van der Waals surface area contributed by atoms with Crippen molar-refractivity contribution >= 4 is 23.3 Å². The first kappa shape index (κ1) is 14.4. The summed E-state index contributed by atoms with van der Waals surface area (Å²) in [5.41, 5.74) is 2.56. The lowest BCUT2D eigenvalue weighted by atomic mass is 10.3. The van der Waals surface area contributed by atoms with Gasteiger partial charge in [0.15, 0.2) is 6.10 Å². The van der Waals surface area contributed by atoms with Crippen molar-refractivity contribution < 1.29 is 19.8 Å². The summed E-state index contributed by atoms with van der Waals surface area (Å²) in [5.74, 6) is -1.36. The van der Waals surface area contributed by atoms with Gasteiger partial charge in [-0.15, -0.1) is 11.3 Å². The van der Waals surface area contributed by atoms with Crippen molar-refractivity contribution in [2.45, 2.75) is 19.6 Å². The number of carbonyl (C=O) groups excluding carboxylic acids is 1. The van der Waals surface area contributed by atoms with Crippen molar-refractivity contribution in [2.75, 3.05) is 13.6 Å². The third kappa shape index (κ3) is 3.97. The number of carbonyl (C=O) groups is 2. The molecular weight excluding hydrogens is 258 g/mol. The van der Waals surface area contributed by atoms with Crippen molar-refractivity contribution in [1.82, 2.24) is 15.2 Å². The first-order chi connectivity index (χ1) is 8.41. The van der Waals surface area contributed by atoms with E-state index in [1.54, 1.807) is 12.6 Å². The predicted molar refractivity (Wildman–Crippen MR) is 65.4 cm³/mol. The fraction of sp³-hybridized carbons (Fsp3) is 0.500. The highest BCUT2D eigenvalue weighted by atomic mass is 32.1. The molecule has 1 heterocycles. The van der Waals surface area contributed by atoms with Crippen LogP contribution in [-0.4, -0.2) is 51.8 Å². The highest BCUT2D eigenvalue weighted by Crippen LogP contribution is 2.13. The maximum atomic E-state index is 11.6. The second kappa shape index (κ2) is 6.31. The minimum atomic E-state index is -1.59. The largest absolute Gasteiger partial charge is 0.479 e. The molecule has 0 fully saturated rings. The van der Waals surface area contributed by atoms with E-state index in [0.717, 1.165) is 10.6 Å². The van der Waals surface area contributed by atoms with Gasteiger partial charge < -0.3 is 20.4 Å². The summed E-state index contributed by atoms with van der Waals surface area (Å²) in [4.78, 5) is 28.4. The summed E-state index contributed by atoms with van der Waals surface area (Å²) in [5, 5.41) is 19.8. The van der Waals surface area contributed by atoms with Gasteiger partial charge in [0.2, 0.25) is 0 Å². The molecule has 1 atom stereocenters. The molecule has 100 valence electrons. The second-order valence-electron chi connectivity index (χ2n) is 3.76. The zero-order valence-electron chi connectivity index (χ0n) is 10.1. The van der Waals surface area contributed by atoms with Crippen LogP contribution in [0.5, 0.6) is 0 Å². The third-order valence-corrected chi connectivity index (χ3v) is 3.22. The van der Waals surface area contributed by atoms with Gasteiger partial charge >= 0.3 is 12.0 Å². The molecule has 8 heteroatoms. The molecular formula is C10H15N3O4S. The Labute approximate surface area is 108 Å². The smallest absolute Gasteiger partial charge is 0.334 e. The number of nitrogens with zero attached hydrogens (tertiary/aromatic N) is 2. The molecule has 2 amide bonds. The Hall–Kier alpha value is -1.67. The van der Waals surface area contributed by atoms with Gasteiger partial charge in [0, 0.05) is 11.9 Å². The summed E-state index contributed by atoms with van der Waals surface area (Å²) in [6.07, 6.45) is -1.59. The molecule has 0 spiro atoms. The molecule has 7 nitrogen and oxygen atoms in total. The quantitative estimate of drug-likeness (QED) is 0.703. The molecule has 1 rings (SSSR count). The number of aryl methyl sites for hydroxylation is 1. The molecule has 0 aliphatic rings. The average molecular weight is 273 g/mol. The molecule has 0 radical (unpaired) electrons. The number of carboxylic acids is 1. The summed E-state index contributed by atoms with van der Waals surface area (Å²) in [7, 11) is 1.58. The molecule has 3 N–H and O–H groups in total. The first-order valence-corrected chi connectivity index (χ1v) is 6.08. The number of hydrogen-bond acceptors (Lipinski definition) is 5. The molecule has 1 aromatic heterocycles. The van der Waals surface area contributed by atoms with E-state index < -0.39 is 18.1 Å². The number of carboxylic acid groups (broad SMARTS) is 1. The second-order valence-corrected chi connectivity index (χ2v) is 4.70. The van der Waals surface area contributed by atoms with Gasteiger partial charge in [-0.1, -0.05) is 0 Å². The van der Waals surface area contributed by atoms with Gasteiger partial charge in [-0.05, 0) is 6.92 Å². The number of aliphatic hydroxyl groups excluding tert-OH is 1. The topological polar surface area (TPSA) is 103 Å². The Bertz CT molecular complexity index is 435. The van der Waals surface area contributed by atoms with Crippen LogP contribution in [0.1, 0.15) is 10.6 Å². The number of amides is 2. The lowest BCUT2D eigenvalue weighted by Crippen LogP contribution is -2.42. The molecule has 0 aromatic carbocycles. The van der Waals surface area contributed by atoms with Crippen LogP contribution in [0.2, 0.25) is 0 Å². The standard InChI is InChI=1S/C10H15N3O4S/c1-6-8(18-5-12-6)4-13(2)10(17)11-3-7(14)9(15)16/h5,7,14H,3-4H2,1-2H3,(H,11,17)(H,15,16). The minimum Gasteiger partial charge on any atom is -0.479 e. The van der Waals surface area contributed by atoms with Crippen LogP contribution < -0.4 is 5.32 Å². The third-order valence-electron chi connectivity index (χ3n) is 2.30. The maximum absolute atomic E-state index is 11.6. The summed E-state index contributed by atoms with van der Waals surface area (Å²) >= 11 is 1.45. The van der Waals surface area contributed by atoms with Crippen molar-refractivity contribution in [3.8, 4) is 0 Å². The van der Waals surface area contributed by atoms with E-state index in [1.165, 1.54) is 16.2 Å². The lowest BCUT2D eigenvalue weighted by Gasteiger charge is -2.18. The number of aromatic nitrogens is 1. The van der Waals surface area contributed by atoms with Gasteiger partial charge in [-0.2, -0.15) is 0 Å². The van der Waals surface area contributed by atoms with Gasteiger partial charge in [0.1, 0.15) is 0 Å². The molecule has 0 aliphatic carbocycles. The first-order valence-electron chi connectivity index (χ1n) is 5.20. The molecule has 0 bridgehead atoms. The lowest BCUT2D eigenvalue weighted by molar-refractivity contribution is -0.146. The van der Waals surface area contributed by atoms with Gasteiger partial charge in [0.25, 0.3) is 0 Å². The predicted octanol–water partition coefficient (Wildman–Crippen LogP) is 0.0384. The molecule has 0 aliphatic heterocycles. The van der Waals surface area contributed by atoms with E-state index >= 15 is 0 Å². The Morgan fingerprint density at radius 1 is 1.61 bits per heavy atom. The Balaban J connectivity index is 2.42. The van der Waals surface area contributed by atoms with Crippen molar-refractivity contribution in [2.24, 2.45) is 0 Å².